The van der Waals surface area contributed by atoms with E-state index in [2.05, 4.69) is 12.1 Å². The van der Waals surface area contributed by atoms with E-state index in [1.165, 1.54) is 17.7 Å². The highest BCUT2D eigenvalue weighted by Gasteiger charge is 2.46. The van der Waals surface area contributed by atoms with E-state index >= 15 is 0 Å². The highest BCUT2D eigenvalue weighted by Crippen LogP contribution is 2.48. The van der Waals surface area contributed by atoms with Crippen molar-refractivity contribution in [1.82, 2.24) is 9.80 Å². The van der Waals surface area contributed by atoms with Crippen LogP contribution in [0.5, 0.6) is 0 Å². The Morgan fingerprint density at radius 2 is 1.58 bits per heavy atom. The van der Waals surface area contributed by atoms with Crippen molar-refractivity contribution in [2.45, 2.75) is 12.3 Å². The maximum Gasteiger partial charge on any atom is 0.254 e. The molecule has 2 atom stereocenters. The third-order valence-electron chi connectivity index (χ3n) is 5.29. The Hall–Kier alpha value is -2.69. The van der Waals surface area contributed by atoms with E-state index in [1.54, 1.807) is 17.0 Å². The zero-order valence-electron chi connectivity index (χ0n) is 14.5. The van der Waals surface area contributed by atoms with Crippen molar-refractivity contribution >= 4 is 11.8 Å². The fourth-order valence-corrected chi connectivity index (χ4v) is 3.71. The first-order valence-electron chi connectivity index (χ1n) is 9.02. The van der Waals surface area contributed by atoms with Crippen LogP contribution in [0.4, 0.5) is 4.39 Å². The summed E-state index contributed by atoms with van der Waals surface area (Å²) in [7, 11) is 0. The standard InChI is InChI=1S/C21H21FN2O2/c22-17-8-4-7-16(13-17)20(25)23-9-11-24(12-10-23)21(26)19-14-18(19)15-5-2-1-3-6-15/h1-8,13,18-19H,9-12,14H2. The van der Waals surface area contributed by atoms with Gasteiger partial charge in [0.25, 0.3) is 5.91 Å². The van der Waals surface area contributed by atoms with Gasteiger partial charge in [-0.1, -0.05) is 36.4 Å². The molecule has 0 N–H and O–H groups in total. The maximum atomic E-state index is 13.3. The van der Waals surface area contributed by atoms with Gasteiger partial charge in [0.2, 0.25) is 5.91 Å². The second-order valence-corrected chi connectivity index (χ2v) is 6.99. The fraction of sp³-hybridized carbons (Fsp3) is 0.333. The minimum absolute atomic E-state index is 0.0721. The molecule has 1 saturated heterocycles. The second kappa shape index (κ2) is 6.90. The number of halogens is 1. The lowest BCUT2D eigenvalue weighted by atomic mass is 10.1. The van der Waals surface area contributed by atoms with Gasteiger partial charge >= 0.3 is 0 Å². The number of carbonyl (C=O) groups is 2. The van der Waals surface area contributed by atoms with Gasteiger partial charge in [0, 0.05) is 37.7 Å². The van der Waals surface area contributed by atoms with E-state index < -0.39 is 5.82 Å². The number of carbonyl (C=O) groups excluding carboxylic acids is 2. The van der Waals surface area contributed by atoms with E-state index in [4.69, 9.17) is 0 Å². The van der Waals surface area contributed by atoms with Crippen molar-refractivity contribution in [2.24, 2.45) is 5.92 Å². The Bertz CT molecular complexity index is 816. The summed E-state index contributed by atoms with van der Waals surface area (Å²) >= 11 is 0. The average molecular weight is 352 g/mol. The molecule has 0 spiro atoms. The molecule has 1 aliphatic heterocycles. The molecule has 1 saturated carbocycles. The molecule has 0 bridgehead atoms. The normalized spacial score (nSPS) is 22.2. The number of piperazine rings is 1. The largest absolute Gasteiger partial charge is 0.339 e. The SMILES string of the molecule is O=C(c1cccc(F)c1)N1CCN(C(=O)C2CC2c2ccccc2)CC1. The van der Waals surface area contributed by atoms with Crippen molar-refractivity contribution in [1.29, 1.82) is 0 Å². The first-order chi connectivity index (χ1) is 12.6. The highest BCUT2D eigenvalue weighted by atomic mass is 19.1. The van der Waals surface area contributed by atoms with E-state index in [-0.39, 0.29) is 17.7 Å². The molecule has 2 unspecified atom stereocenters. The number of hydrogen-bond donors (Lipinski definition) is 0. The molecule has 134 valence electrons. The molecule has 4 nitrogen and oxygen atoms in total. The Balaban J connectivity index is 1.33. The van der Waals surface area contributed by atoms with Gasteiger partial charge < -0.3 is 9.80 Å². The zero-order valence-corrected chi connectivity index (χ0v) is 14.5. The van der Waals surface area contributed by atoms with Gasteiger partial charge in [-0.05, 0) is 36.1 Å². The molecule has 5 heteroatoms. The summed E-state index contributed by atoms with van der Waals surface area (Å²) in [6.45, 7) is 2.06. The molecular formula is C21H21FN2O2. The lowest BCUT2D eigenvalue weighted by Gasteiger charge is -2.35. The molecule has 2 aromatic carbocycles. The van der Waals surface area contributed by atoms with Gasteiger partial charge in [-0.25, -0.2) is 4.39 Å². The van der Waals surface area contributed by atoms with Crippen LogP contribution in [0.15, 0.2) is 54.6 Å². The summed E-state index contributed by atoms with van der Waals surface area (Å²) < 4.78 is 13.3. The monoisotopic (exact) mass is 352 g/mol. The van der Waals surface area contributed by atoms with Gasteiger partial charge in [-0.15, -0.1) is 0 Å². The molecule has 26 heavy (non-hydrogen) atoms. The number of benzene rings is 2. The van der Waals surface area contributed by atoms with Crippen LogP contribution in [0.25, 0.3) is 0 Å². The number of amides is 2. The average Bonchev–Trinajstić information content (AvgIpc) is 3.48. The van der Waals surface area contributed by atoms with Gasteiger partial charge in [-0.2, -0.15) is 0 Å². The lowest BCUT2D eigenvalue weighted by molar-refractivity contribution is -0.134. The van der Waals surface area contributed by atoms with Crippen molar-refractivity contribution < 1.29 is 14.0 Å². The number of hydrogen-bond acceptors (Lipinski definition) is 2. The molecule has 2 fully saturated rings. The predicted octanol–water partition coefficient (Wildman–Crippen LogP) is 2.91. The van der Waals surface area contributed by atoms with Crippen LogP contribution in [-0.2, 0) is 4.79 Å². The first kappa shape index (κ1) is 16.8. The minimum atomic E-state index is -0.412. The van der Waals surface area contributed by atoms with Crippen LogP contribution in [0.3, 0.4) is 0 Å². The van der Waals surface area contributed by atoms with Gasteiger partial charge in [0.05, 0.1) is 0 Å². The minimum Gasteiger partial charge on any atom is -0.339 e. The zero-order chi connectivity index (χ0) is 18.1. The van der Waals surface area contributed by atoms with Crippen molar-refractivity contribution in [3.8, 4) is 0 Å². The number of rotatable bonds is 3. The predicted molar refractivity (Wildman–Crippen MR) is 96.2 cm³/mol. The summed E-state index contributed by atoms with van der Waals surface area (Å²) in [5.41, 5.74) is 1.59. The van der Waals surface area contributed by atoms with Crippen LogP contribution in [0.1, 0.15) is 28.3 Å². The fourth-order valence-electron chi connectivity index (χ4n) is 3.71. The van der Waals surface area contributed by atoms with Crippen LogP contribution < -0.4 is 0 Å². The smallest absolute Gasteiger partial charge is 0.254 e. The first-order valence-corrected chi connectivity index (χ1v) is 9.02. The van der Waals surface area contributed by atoms with E-state index in [9.17, 15) is 14.0 Å². The molecule has 0 radical (unpaired) electrons. The maximum absolute atomic E-state index is 13.3. The summed E-state index contributed by atoms with van der Waals surface area (Å²) in [6, 6.07) is 15.9. The van der Waals surface area contributed by atoms with Gasteiger partial charge in [0.1, 0.15) is 5.82 Å². The van der Waals surface area contributed by atoms with Crippen molar-refractivity contribution in [3.05, 3.63) is 71.5 Å². The Morgan fingerprint density at radius 1 is 0.885 bits per heavy atom. The molecule has 2 amide bonds. The lowest BCUT2D eigenvalue weighted by Crippen LogP contribution is -2.51. The van der Waals surface area contributed by atoms with E-state index in [1.807, 2.05) is 23.1 Å². The van der Waals surface area contributed by atoms with Crippen LogP contribution >= 0.6 is 0 Å². The quantitative estimate of drug-likeness (QED) is 0.852. The van der Waals surface area contributed by atoms with Crippen molar-refractivity contribution in [2.75, 3.05) is 26.2 Å². The summed E-state index contributed by atoms with van der Waals surface area (Å²) in [5, 5.41) is 0. The van der Waals surface area contributed by atoms with E-state index in [0.717, 1.165) is 6.42 Å². The number of nitrogens with zero attached hydrogens (tertiary/aromatic N) is 2. The molecule has 4 rings (SSSR count). The Morgan fingerprint density at radius 3 is 2.27 bits per heavy atom. The molecule has 2 aromatic rings. The summed E-state index contributed by atoms with van der Waals surface area (Å²) in [5.74, 6) is 0.00534. The van der Waals surface area contributed by atoms with Crippen molar-refractivity contribution in [3.63, 3.8) is 0 Å². The van der Waals surface area contributed by atoms with E-state index in [0.29, 0.717) is 37.7 Å². The third kappa shape index (κ3) is 3.34. The second-order valence-electron chi connectivity index (χ2n) is 6.99. The van der Waals surface area contributed by atoms with Gasteiger partial charge in [0.15, 0.2) is 0 Å². The van der Waals surface area contributed by atoms with Crippen LogP contribution in [0.2, 0.25) is 0 Å². The molecule has 0 aromatic heterocycles. The molecular weight excluding hydrogens is 331 g/mol. The van der Waals surface area contributed by atoms with Gasteiger partial charge in [-0.3, -0.25) is 9.59 Å². The van der Waals surface area contributed by atoms with Crippen LogP contribution in [0, 0.1) is 11.7 Å². The highest BCUT2D eigenvalue weighted by molar-refractivity contribution is 5.94. The Kier molecular flexibility index (Phi) is 4.45. The molecule has 2 aliphatic rings. The summed E-state index contributed by atoms with van der Waals surface area (Å²) in [4.78, 5) is 28.7. The third-order valence-corrected chi connectivity index (χ3v) is 5.29. The molecule has 1 aliphatic carbocycles. The molecule has 1 heterocycles. The summed E-state index contributed by atoms with van der Waals surface area (Å²) in [6.07, 6.45) is 0.908. The Labute approximate surface area is 152 Å². The van der Waals surface area contributed by atoms with Crippen LogP contribution in [-0.4, -0.2) is 47.8 Å². The topological polar surface area (TPSA) is 40.6 Å².